The summed E-state index contributed by atoms with van der Waals surface area (Å²) in [5, 5.41) is 9.44. The van der Waals surface area contributed by atoms with Crippen molar-refractivity contribution in [3.05, 3.63) is 30.3 Å². The number of hydrogen-bond donors (Lipinski definition) is 1. The van der Waals surface area contributed by atoms with E-state index in [-0.39, 0.29) is 6.54 Å². The van der Waals surface area contributed by atoms with Crippen molar-refractivity contribution in [3.8, 4) is 0 Å². The van der Waals surface area contributed by atoms with Gasteiger partial charge in [0.1, 0.15) is 11.6 Å². The number of carbonyl (C=O) groups is 2. The predicted octanol–water partition coefficient (Wildman–Crippen LogP) is 2.20. The molecule has 1 aromatic rings. The molecule has 1 aliphatic rings. The Labute approximate surface area is 130 Å². The molecule has 1 aromatic carbocycles. The zero-order chi connectivity index (χ0) is 16.3. The van der Waals surface area contributed by atoms with E-state index in [0.717, 1.165) is 5.69 Å². The Hall–Kier alpha value is -2.24. The van der Waals surface area contributed by atoms with Gasteiger partial charge in [-0.25, -0.2) is 9.59 Å². The number of carbonyl (C=O) groups excluding carboxylic acids is 1. The van der Waals surface area contributed by atoms with Gasteiger partial charge in [0.2, 0.25) is 0 Å². The van der Waals surface area contributed by atoms with Crippen LogP contribution in [0.1, 0.15) is 20.8 Å². The van der Waals surface area contributed by atoms with Crippen LogP contribution in [-0.4, -0.2) is 53.3 Å². The summed E-state index contributed by atoms with van der Waals surface area (Å²) in [5.74, 6) is -1.02. The fraction of sp³-hybridized carbons (Fsp3) is 0.500. The van der Waals surface area contributed by atoms with E-state index in [4.69, 9.17) is 4.74 Å². The molecule has 1 fully saturated rings. The van der Waals surface area contributed by atoms with Gasteiger partial charge in [-0.3, -0.25) is 4.90 Å². The van der Waals surface area contributed by atoms with Gasteiger partial charge in [-0.2, -0.15) is 0 Å². The highest BCUT2D eigenvalue weighted by molar-refractivity contribution is 5.81. The van der Waals surface area contributed by atoms with Crippen LogP contribution >= 0.6 is 0 Å². The van der Waals surface area contributed by atoms with Crippen LogP contribution in [0, 0.1) is 0 Å². The molecule has 6 nitrogen and oxygen atoms in total. The summed E-state index contributed by atoms with van der Waals surface area (Å²) in [6, 6.07) is 8.68. The average Bonchev–Trinajstić information content (AvgIpc) is 2.45. The Bertz CT molecular complexity index is 539. The monoisotopic (exact) mass is 306 g/mol. The molecule has 6 heteroatoms. The topological polar surface area (TPSA) is 70.1 Å². The molecule has 1 heterocycles. The zero-order valence-electron chi connectivity index (χ0n) is 13.2. The van der Waals surface area contributed by atoms with Gasteiger partial charge in [-0.15, -0.1) is 0 Å². The molecule has 1 amide bonds. The fourth-order valence-electron chi connectivity index (χ4n) is 2.41. The molecular weight excluding hydrogens is 284 g/mol. The molecule has 22 heavy (non-hydrogen) atoms. The third-order valence-corrected chi connectivity index (χ3v) is 3.41. The van der Waals surface area contributed by atoms with Gasteiger partial charge >= 0.3 is 12.1 Å². The van der Waals surface area contributed by atoms with Crippen LogP contribution in [-0.2, 0) is 9.53 Å². The number of hydrogen-bond acceptors (Lipinski definition) is 4. The molecule has 2 rings (SSSR count). The van der Waals surface area contributed by atoms with Crippen LogP contribution in [0.4, 0.5) is 10.5 Å². The van der Waals surface area contributed by atoms with Gasteiger partial charge in [-0.1, -0.05) is 18.2 Å². The first-order valence-corrected chi connectivity index (χ1v) is 7.30. The van der Waals surface area contributed by atoms with Crippen LogP contribution in [0.5, 0.6) is 0 Å². The number of benzene rings is 1. The van der Waals surface area contributed by atoms with Gasteiger partial charge in [0, 0.05) is 25.3 Å². The van der Waals surface area contributed by atoms with E-state index >= 15 is 0 Å². The van der Waals surface area contributed by atoms with E-state index < -0.39 is 23.7 Å². The van der Waals surface area contributed by atoms with Gasteiger partial charge in [0.15, 0.2) is 0 Å². The number of amides is 1. The highest BCUT2D eigenvalue weighted by atomic mass is 16.6. The van der Waals surface area contributed by atoms with Crippen LogP contribution in [0.25, 0.3) is 0 Å². The Morgan fingerprint density at radius 3 is 2.36 bits per heavy atom. The lowest BCUT2D eigenvalue weighted by molar-refractivity contribution is -0.143. The van der Waals surface area contributed by atoms with E-state index in [0.29, 0.717) is 13.1 Å². The summed E-state index contributed by atoms with van der Waals surface area (Å²) < 4.78 is 5.30. The lowest BCUT2D eigenvalue weighted by Crippen LogP contribution is -2.59. The van der Waals surface area contributed by atoms with Crippen LogP contribution in [0.15, 0.2) is 30.3 Å². The first-order chi connectivity index (χ1) is 10.3. The Balaban J connectivity index is 2.12. The average molecular weight is 306 g/mol. The summed E-state index contributed by atoms with van der Waals surface area (Å²) in [5.41, 5.74) is 0.314. The van der Waals surface area contributed by atoms with Crippen LogP contribution in [0.2, 0.25) is 0 Å². The Morgan fingerprint density at radius 1 is 1.18 bits per heavy atom. The molecule has 120 valence electrons. The van der Waals surface area contributed by atoms with E-state index in [1.54, 1.807) is 20.8 Å². The third kappa shape index (κ3) is 3.90. The summed E-state index contributed by atoms with van der Waals surface area (Å²) in [6.07, 6.45) is -0.576. The molecule has 0 spiro atoms. The number of anilines is 1. The van der Waals surface area contributed by atoms with E-state index in [1.165, 1.54) is 4.90 Å². The molecule has 0 saturated carbocycles. The van der Waals surface area contributed by atoms with Gasteiger partial charge in [-0.05, 0) is 32.9 Å². The molecular formula is C16H22N2O4. The fourth-order valence-corrected chi connectivity index (χ4v) is 2.41. The number of para-hydroxylation sites is 1. The third-order valence-electron chi connectivity index (χ3n) is 3.41. The molecule has 1 N–H and O–H groups in total. The smallest absolute Gasteiger partial charge is 0.411 e. The number of nitrogens with zero attached hydrogens (tertiary/aromatic N) is 2. The van der Waals surface area contributed by atoms with Crippen molar-refractivity contribution in [1.29, 1.82) is 0 Å². The standard InChI is InChI=1S/C16H22N2O4/c1-16(2,3)22-15(21)18-10-9-17(11-13(18)14(19)20)12-7-5-4-6-8-12/h4-8,13H,9-11H2,1-3H3,(H,19,20)/t13-/m1/s1. The van der Waals surface area contributed by atoms with Crippen molar-refractivity contribution in [2.75, 3.05) is 24.5 Å². The molecule has 0 radical (unpaired) electrons. The molecule has 1 atom stereocenters. The molecule has 0 bridgehead atoms. The van der Waals surface area contributed by atoms with Crippen LogP contribution in [0.3, 0.4) is 0 Å². The minimum Gasteiger partial charge on any atom is -0.480 e. The minimum atomic E-state index is -1.02. The second-order valence-electron chi connectivity index (χ2n) is 6.31. The van der Waals surface area contributed by atoms with Crippen LogP contribution < -0.4 is 4.90 Å². The number of carboxylic acids is 1. The lowest BCUT2D eigenvalue weighted by atomic mass is 10.1. The highest BCUT2D eigenvalue weighted by Crippen LogP contribution is 2.21. The number of rotatable bonds is 2. The van der Waals surface area contributed by atoms with Crippen molar-refractivity contribution in [1.82, 2.24) is 4.90 Å². The molecule has 1 saturated heterocycles. The SMILES string of the molecule is CC(C)(C)OC(=O)N1CCN(c2ccccc2)C[C@@H]1C(=O)O. The second kappa shape index (κ2) is 6.25. The highest BCUT2D eigenvalue weighted by Gasteiger charge is 2.37. The molecule has 1 aliphatic heterocycles. The maximum Gasteiger partial charge on any atom is 0.411 e. The Kier molecular flexibility index (Phi) is 4.59. The number of piperazine rings is 1. The number of aliphatic carboxylic acids is 1. The van der Waals surface area contributed by atoms with Crippen molar-refractivity contribution >= 4 is 17.7 Å². The number of carboxylic acid groups (broad SMARTS) is 1. The second-order valence-corrected chi connectivity index (χ2v) is 6.31. The molecule has 0 aliphatic carbocycles. The maximum absolute atomic E-state index is 12.2. The van der Waals surface area contributed by atoms with Crippen molar-refractivity contribution in [2.45, 2.75) is 32.4 Å². The van der Waals surface area contributed by atoms with E-state index in [1.807, 2.05) is 35.2 Å². The van der Waals surface area contributed by atoms with Crippen molar-refractivity contribution in [2.24, 2.45) is 0 Å². The van der Waals surface area contributed by atoms with Crippen molar-refractivity contribution < 1.29 is 19.4 Å². The first-order valence-electron chi connectivity index (χ1n) is 7.30. The number of ether oxygens (including phenoxy) is 1. The zero-order valence-corrected chi connectivity index (χ0v) is 13.2. The first kappa shape index (κ1) is 16.1. The Morgan fingerprint density at radius 2 is 1.82 bits per heavy atom. The summed E-state index contributed by atoms with van der Waals surface area (Å²) in [6.45, 7) is 6.44. The summed E-state index contributed by atoms with van der Waals surface area (Å²) in [4.78, 5) is 27.0. The van der Waals surface area contributed by atoms with Gasteiger partial charge in [0.25, 0.3) is 0 Å². The predicted molar refractivity (Wildman–Crippen MR) is 83.0 cm³/mol. The van der Waals surface area contributed by atoms with Crippen molar-refractivity contribution in [3.63, 3.8) is 0 Å². The quantitative estimate of drug-likeness (QED) is 0.907. The lowest BCUT2D eigenvalue weighted by Gasteiger charge is -2.40. The van der Waals surface area contributed by atoms with E-state index in [2.05, 4.69) is 0 Å². The maximum atomic E-state index is 12.2. The normalized spacial score (nSPS) is 19.0. The largest absolute Gasteiger partial charge is 0.480 e. The molecule has 0 aromatic heterocycles. The minimum absolute atomic E-state index is 0.249. The van der Waals surface area contributed by atoms with Gasteiger partial charge < -0.3 is 14.7 Å². The van der Waals surface area contributed by atoms with E-state index in [9.17, 15) is 14.7 Å². The molecule has 0 unspecified atom stereocenters. The van der Waals surface area contributed by atoms with Gasteiger partial charge in [0.05, 0.1) is 0 Å². The summed E-state index contributed by atoms with van der Waals surface area (Å²) in [7, 11) is 0. The summed E-state index contributed by atoms with van der Waals surface area (Å²) >= 11 is 0.